The molecule has 4 nitrogen and oxygen atoms in total. The maximum atomic E-state index is 10.6. The number of imidazole rings is 1. The van der Waals surface area contributed by atoms with Gasteiger partial charge in [0.15, 0.2) is 0 Å². The Hall–Kier alpha value is -2.17. The van der Waals surface area contributed by atoms with Gasteiger partial charge in [-0.3, -0.25) is 0 Å². The van der Waals surface area contributed by atoms with E-state index in [2.05, 4.69) is 31.0 Å². The monoisotopic (exact) mass is 310 g/mol. The first-order valence-electron chi connectivity index (χ1n) is 7.93. The van der Waals surface area contributed by atoms with Gasteiger partial charge in [0, 0.05) is 0 Å². The van der Waals surface area contributed by atoms with Crippen LogP contribution in [-0.2, 0) is 13.2 Å². The third kappa shape index (κ3) is 3.14. The summed E-state index contributed by atoms with van der Waals surface area (Å²) in [5.41, 5.74) is 3.88. The SMILES string of the molecule is CC(C)c1ccc(C(O)Cn2c(CO)nc3ccccc32)cc1. The Kier molecular flexibility index (Phi) is 4.46. The minimum absolute atomic E-state index is 0.145. The molecule has 0 fully saturated rings. The van der Waals surface area contributed by atoms with E-state index in [-0.39, 0.29) is 6.61 Å². The molecule has 1 aromatic heterocycles. The van der Waals surface area contributed by atoms with Gasteiger partial charge in [0.2, 0.25) is 0 Å². The Balaban J connectivity index is 1.89. The minimum Gasteiger partial charge on any atom is -0.388 e. The molecule has 0 radical (unpaired) electrons. The van der Waals surface area contributed by atoms with Crippen molar-refractivity contribution in [3.05, 3.63) is 65.5 Å². The van der Waals surface area contributed by atoms with Crippen LogP contribution in [0.2, 0.25) is 0 Å². The molecule has 0 spiro atoms. The number of para-hydroxylation sites is 2. The Morgan fingerprint density at radius 2 is 1.65 bits per heavy atom. The Morgan fingerprint density at radius 3 is 2.30 bits per heavy atom. The lowest BCUT2D eigenvalue weighted by atomic mass is 10.00. The van der Waals surface area contributed by atoms with E-state index in [0.29, 0.717) is 18.3 Å². The van der Waals surface area contributed by atoms with Crippen LogP contribution in [-0.4, -0.2) is 19.8 Å². The number of hydrogen-bond donors (Lipinski definition) is 2. The van der Waals surface area contributed by atoms with E-state index in [1.54, 1.807) is 0 Å². The topological polar surface area (TPSA) is 58.3 Å². The Morgan fingerprint density at radius 1 is 1.00 bits per heavy atom. The highest BCUT2D eigenvalue weighted by Crippen LogP contribution is 2.23. The molecule has 4 heteroatoms. The fourth-order valence-electron chi connectivity index (χ4n) is 2.83. The van der Waals surface area contributed by atoms with Crippen LogP contribution in [0.5, 0.6) is 0 Å². The first-order valence-corrected chi connectivity index (χ1v) is 7.93. The normalized spacial score (nSPS) is 12.9. The van der Waals surface area contributed by atoms with Crippen molar-refractivity contribution in [2.24, 2.45) is 0 Å². The summed E-state index contributed by atoms with van der Waals surface area (Å²) in [5, 5.41) is 20.1. The number of benzene rings is 2. The molecule has 1 atom stereocenters. The molecule has 120 valence electrons. The standard InChI is InChI=1S/C19H22N2O2/c1-13(2)14-7-9-15(10-8-14)18(23)11-21-17-6-4-3-5-16(17)20-19(21)12-22/h3-10,13,18,22-23H,11-12H2,1-2H3. The smallest absolute Gasteiger partial charge is 0.135 e. The van der Waals surface area contributed by atoms with Crippen molar-refractivity contribution in [2.75, 3.05) is 0 Å². The van der Waals surface area contributed by atoms with E-state index in [1.807, 2.05) is 41.0 Å². The number of fused-ring (bicyclic) bond motifs is 1. The Labute approximate surface area is 136 Å². The fraction of sp³-hybridized carbons (Fsp3) is 0.316. The second-order valence-electron chi connectivity index (χ2n) is 6.12. The molecule has 0 amide bonds. The highest BCUT2D eigenvalue weighted by atomic mass is 16.3. The molecular formula is C19H22N2O2. The molecule has 0 saturated carbocycles. The molecule has 0 aliphatic carbocycles. The van der Waals surface area contributed by atoms with Crippen LogP contribution in [0.1, 0.15) is 42.8 Å². The van der Waals surface area contributed by atoms with Crippen molar-refractivity contribution < 1.29 is 10.2 Å². The van der Waals surface area contributed by atoms with Gasteiger partial charge in [0.05, 0.1) is 23.7 Å². The molecule has 1 unspecified atom stereocenters. The second-order valence-corrected chi connectivity index (χ2v) is 6.12. The van der Waals surface area contributed by atoms with Gasteiger partial charge < -0.3 is 14.8 Å². The van der Waals surface area contributed by atoms with Crippen molar-refractivity contribution in [2.45, 2.75) is 39.0 Å². The van der Waals surface area contributed by atoms with Gasteiger partial charge >= 0.3 is 0 Å². The van der Waals surface area contributed by atoms with Crippen molar-refractivity contribution in [1.29, 1.82) is 0 Å². The minimum atomic E-state index is -0.640. The molecule has 2 aromatic carbocycles. The average molecular weight is 310 g/mol. The fourth-order valence-corrected chi connectivity index (χ4v) is 2.83. The lowest BCUT2D eigenvalue weighted by Gasteiger charge is -2.15. The highest BCUT2D eigenvalue weighted by Gasteiger charge is 2.15. The number of aromatic nitrogens is 2. The predicted octanol–water partition coefficient (Wildman–Crippen LogP) is 3.39. The van der Waals surface area contributed by atoms with Crippen molar-refractivity contribution in [3.8, 4) is 0 Å². The maximum absolute atomic E-state index is 10.6. The number of aliphatic hydroxyl groups is 2. The molecule has 2 N–H and O–H groups in total. The third-order valence-electron chi connectivity index (χ3n) is 4.22. The molecule has 0 saturated heterocycles. The Bertz CT molecular complexity index is 791. The van der Waals surface area contributed by atoms with Crippen molar-refractivity contribution in [1.82, 2.24) is 9.55 Å². The summed E-state index contributed by atoms with van der Waals surface area (Å²) in [6.45, 7) is 4.53. The van der Waals surface area contributed by atoms with Gasteiger partial charge in [0.1, 0.15) is 12.4 Å². The highest BCUT2D eigenvalue weighted by molar-refractivity contribution is 5.75. The van der Waals surface area contributed by atoms with Crippen LogP contribution in [0.4, 0.5) is 0 Å². The number of aliphatic hydroxyl groups excluding tert-OH is 2. The number of rotatable bonds is 5. The van der Waals surface area contributed by atoms with Gasteiger partial charge in [-0.2, -0.15) is 0 Å². The van der Waals surface area contributed by atoms with Gasteiger partial charge in [-0.1, -0.05) is 50.2 Å². The lowest BCUT2D eigenvalue weighted by Crippen LogP contribution is -2.11. The third-order valence-corrected chi connectivity index (χ3v) is 4.22. The van der Waals surface area contributed by atoms with Crippen LogP contribution in [0.25, 0.3) is 11.0 Å². The summed E-state index contributed by atoms with van der Waals surface area (Å²) in [5.74, 6) is 1.05. The molecule has 3 rings (SSSR count). The summed E-state index contributed by atoms with van der Waals surface area (Å²) < 4.78 is 1.89. The summed E-state index contributed by atoms with van der Waals surface area (Å²) >= 11 is 0. The van der Waals surface area contributed by atoms with E-state index in [4.69, 9.17) is 0 Å². The zero-order chi connectivity index (χ0) is 16.4. The molecule has 0 bridgehead atoms. The quantitative estimate of drug-likeness (QED) is 0.759. The summed E-state index contributed by atoms with van der Waals surface area (Å²) in [4.78, 5) is 4.42. The number of hydrogen-bond acceptors (Lipinski definition) is 3. The van der Waals surface area contributed by atoms with E-state index >= 15 is 0 Å². The predicted molar refractivity (Wildman–Crippen MR) is 91.1 cm³/mol. The molecule has 0 aliphatic rings. The first kappa shape index (κ1) is 15.7. The first-order chi connectivity index (χ1) is 11.1. The van der Waals surface area contributed by atoms with E-state index in [1.165, 1.54) is 5.56 Å². The van der Waals surface area contributed by atoms with Gasteiger partial charge in [0.25, 0.3) is 0 Å². The molecule has 3 aromatic rings. The van der Waals surface area contributed by atoms with Gasteiger partial charge in [-0.15, -0.1) is 0 Å². The van der Waals surface area contributed by atoms with Crippen LogP contribution in [0.15, 0.2) is 48.5 Å². The lowest BCUT2D eigenvalue weighted by molar-refractivity contribution is 0.153. The second kappa shape index (κ2) is 6.52. The van der Waals surface area contributed by atoms with E-state index in [9.17, 15) is 10.2 Å². The maximum Gasteiger partial charge on any atom is 0.135 e. The average Bonchev–Trinajstić information content (AvgIpc) is 2.93. The van der Waals surface area contributed by atoms with Gasteiger partial charge in [-0.05, 0) is 29.2 Å². The zero-order valence-electron chi connectivity index (χ0n) is 13.5. The largest absolute Gasteiger partial charge is 0.388 e. The zero-order valence-corrected chi connectivity index (χ0v) is 13.5. The molecule has 1 heterocycles. The van der Waals surface area contributed by atoms with Crippen LogP contribution in [0, 0.1) is 0 Å². The molecule has 23 heavy (non-hydrogen) atoms. The summed E-state index contributed by atoms with van der Waals surface area (Å²) in [6.07, 6.45) is -0.640. The molecular weight excluding hydrogens is 288 g/mol. The van der Waals surface area contributed by atoms with E-state index in [0.717, 1.165) is 16.6 Å². The summed E-state index contributed by atoms with van der Waals surface area (Å²) in [6, 6.07) is 15.8. The number of nitrogens with zero attached hydrogens (tertiary/aromatic N) is 2. The van der Waals surface area contributed by atoms with Crippen LogP contribution >= 0.6 is 0 Å². The van der Waals surface area contributed by atoms with Crippen molar-refractivity contribution >= 4 is 11.0 Å². The van der Waals surface area contributed by atoms with Gasteiger partial charge in [-0.25, -0.2) is 4.98 Å². The van der Waals surface area contributed by atoms with Crippen LogP contribution in [0.3, 0.4) is 0 Å². The summed E-state index contributed by atoms with van der Waals surface area (Å²) in [7, 11) is 0. The van der Waals surface area contributed by atoms with Crippen LogP contribution < -0.4 is 0 Å². The van der Waals surface area contributed by atoms with Crippen molar-refractivity contribution in [3.63, 3.8) is 0 Å². The molecule has 0 aliphatic heterocycles. The van der Waals surface area contributed by atoms with E-state index < -0.39 is 6.10 Å².